The molecule has 7 nitrogen and oxygen atoms in total. The van der Waals surface area contributed by atoms with Crippen molar-refractivity contribution < 1.29 is 22.6 Å². The molecule has 0 spiro atoms. The minimum absolute atomic E-state index is 0.227. The molecular formula is C11H14N2O5S. The maximum Gasteiger partial charge on any atom is 0.246 e. The lowest BCUT2D eigenvalue weighted by molar-refractivity contribution is 0.325. The number of anilines is 1. The molecule has 0 bridgehead atoms. The molecule has 104 valence electrons. The lowest BCUT2D eigenvalue weighted by Crippen LogP contribution is -2.15. The summed E-state index contributed by atoms with van der Waals surface area (Å²) < 4.78 is 40.6. The Morgan fingerprint density at radius 3 is 2.05 bits per heavy atom. The zero-order valence-corrected chi connectivity index (χ0v) is 11.6. The first-order chi connectivity index (χ1) is 8.97. The van der Waals surface area contributed by atoms with Crippen molar-refractivity contribution >= 4 is 15.7 Å². The number of methoxy groups -OCH3 is 3. The van der Waals surface area contributed by atoms with E-state index in [0.717, 1.165) is 0 Å². The van der Waals surface area contributed by atoms with E-state index in [4.69, 9.17) is 19.5 Å². The predicted molar refractivity (Wildman–Crippen MR) is 69.1 cm³/mol. The van der Waals surface area contributed by atoms with Crippen LogP contribution in [-0.4, -0.2) is 35.5 Å². The Bertz CT molecular complexity index is 567. The van der Waals surface area contributed by atoms with Crippen molar-refractivity contribution in [3.05, 3.63) is 12.1 Å². The highest BCUT2D eigenvalue weighted by atomic mass is 32.2. The number of sulfonamides is 1. The highest BCUT2D eigenvalue weighted by Crippen LogP contribution is 2.40. The van der Waals surface area contributed by atoms with Gasteiger partial charge in [-0.3, -0.25) is 4.72 Å². The standard InChI is InChI=1S/C11H14N2O5S/c1-16-9-6-8(13-19(14,15)5-4-12)7-10(17-2)11(9)18-3/h6-7,13H,5H2,1-3H3. The molecule has 0 aromatic heterocycles. The van der Waals surface area contributed by atoms with Crippen molar-refractivity contribution in [1.29, 1.82) is 5.26 Å². The summed E-state index contributed by atoms with van der Waals surface area (Å²) in [7, 11) is 0.570. The number of hydrogen-bond donors (Lipinski definition) is 1. The summed E-state index contributed by atoms with van der Waals surface area (Å²) in [6, 6.07) is 4.45. The first-order valence-electron chi connectivity index (χ1n) is 5.15. The molecule has 1 aromatic carbocycles. The fraction of sp³-hybridized carbons (Fsp3) is 0.364. The number of nitrogens with zero attached hydrogens (tertiary/aromatic N) is 1. The maximum absolute atomic E-state index is 11.5. The summed E-state index contributed by atoms with van der Waals surface area (Å²) in [6.07, 6.45) is 0. The van der Waals surface area contributed by atoms with Crippen molar-refractivity contribution in [2.24, 2.45) is 0 Å². The van der Waals surface area contributed by atoms with Crippen LogP contribution in [0, 0.1) is 11.3 Å². The average molecular weight is 286 g/mol. The SMILES string of the molecule is COc1cc(NS(=O)(=O)CC#N)cc(OC)c1OC. The van der Waals surface area contributed by atoms with Gasteiger partial charge in [-0.15, -0.1) is 0 Å². The predicted octanol–water partition coefficient (Wildman–Crippen LogP) is 0.978. The van der Waals surface area contributed by atoms with Gasteiger partial charge in [0.1, 0.15) is 0 Å². The number of rotatable bonds is 6. The molecule has 0 atom stereocenters. The molecule has 19 heavy (non-hydrogen) atoms. The Morgan fingerprint density at radius 1 is 1.16 bits per heavy atom. The van der Waals surface area contributed by atoms with E-state index in [-0.39, 0.29) is 5.69 Å². The Hall–Kier alpha value is -2.14. The second-order valence-electron chi connectivity index (χ2n) is 3.43. The zero-order valence-electron chi connectivity index (χ0n) is 10.8. The van der Waals surface area contributed by atoms with E-state index >= 15 is 0 Å². The van der Waals surface area contributed by atoms with Crippen LogP contribution in [0.2, 0.25) is 0 Å². The fourth-order valence-corrected chi connectivity index (χ4v) is 2.16. The topological polar surface area (TPSA) is 97.7 Å². The summed E-state index contributed by atoms with van der Waals surface area (Å²) in [5.41, 5.74) is 0.227. The van der Waals surface area contributed by atoms with Crippen LogP contribution in [0.3, 0.4) is 0 Å². The van der Waals surface area contributed by atoms with Crippen LogP contribution in [0.1, 0.15) is 0 Å². The van der Waals surface area contributed by atoms with Crippen LogP contribution in [-0.2, 0) is 10.0 Å². The van der Waals surface area contributed by atoms with Gasteiger partial charge in [-0.1, -0.05) is 0 Å². The number of nitrogens with one attached hydrogen (secondary N) is 1. The van der Waals surface area contributed by atoms with E-state index in [2.05, 4.69) is 4.72 Å². The van der Waals surface area contributed by atoms with Crippen LogP contribution in [0.4, 0.5) is 5.69 Å². The van der Waals surface area contributed by atoms with Gasteiger partial charge in [0.25, 0.3) is 0 Å². The molecule has 8 heteroatoms. The van der Waals surface area contributed by atoms with Gasteiger partial charge in [0, 0.05) is 12.1 Å². The normalized spacial score (nSPS) is 10.4. The zero-order chi connectivity index (χ0) is 14.5. The van der Waals surface area contributed by atoms with Gasteiger partial charge in [-0.05, 0) is 0 Å². The summed E-state index contributed by atoms with van der Waals surface area (Å²) in [5, 5.41) is 8.43. The summed E-state index contributed by atoms with van der Waals surface area (Å²) in [4.78, 5) is 0. The maximum atomic E-state index is 11.5. The minimum Gasteiger partial charge on any atom is -0.493 e. The van der Waals surface area contributed by atoms with E-state index in [1.54, 1.807) is 6.07 Å². The monoisotopic (exact) mass is 286 g/mol. The number of nitriles is 1. The molecule has 1 N–H and O–H groups in total. The molecule has 0 amide bonds. The summed E-state index contributed by atoms with van der Waals surface area (Å²) in [6.45, 7) is 0. The second kappa shape index (κ2) is 6.15. The largest absolute Gasteiger partial charge is 0.493 e. The van der Waals surface area contributed by atoms with E-state index < -0.39 is 15.8 Å². The Labute approximate surface area is 111 Å². The van der Waals surface area contributed by atoms with E-state index in [9.17, 15) is 8.42 Å². The average Bonchev–Trinajstić information content (AvgIpc) is 2.36. The Balaban J connectivity index is 3.21. The quantitative estimate of drug-likeness (QED) is 0.837. The van der Waals surface area contributed by atoms with Gasteiger partial charge < -0.3 is 14.2 Å². The first kappa shape index (κ1) is 14.9. The number of hydrogen-bond acceptors (Lipinski definition) is 6. The van der Waals surface area contributed by atoms with E-state index in [1.807, 2.05) is 0 Å². The summed E-state index contributed by atoms with van der Waals surface area (Å²) in [5.74, 6) is 0.352. The van der Waals surface area contributed by atoms with Crippen LogP contribution in [0.25, 0.3) is 0 Å². The smallest absolute Gasteiger partial charge is 0.246 e. The molecule has 0 fully saturated rings. The van der Waals surface area contributed by atoms with Crippen molar-refractivity contribution in [2.75, 3.05) is 31.8 Å². The molecule has 0 unspecified atom stereocenters. The van der Waals surface area contributed by atoms with Gasteiger partial charge in [0.15, 0.2) is 17.3 Å². The fourth-order valence-electron chi connectivity index (χ4n) is 1.44. The van der Waals surface area contributed by atoms with Crippen molar-refractivity contribution in [2.45, 2.75) is 0 Å². The first-order valence-corrected chi connectivity index (χ1v) is 6.80. The number of benzene rings is 1. The van der Waals surface area contributed by atoms with Crippen LogP contribution < -0.4 is 18.9 Å². The number of ether oxygens (including phenoxy) is 3. The third-order valence-electron chi connectivity index (χ3n) is 2.19. The van der Waals surface area contributed by atoms with Gasteiger partial charge in [-0.2, -0.15) is 5.26 Å². The lowest BCUT2D eigenvalue weighted by Gasteiger charge is -2.14. The molecule has 0 saturated carbocycles. The molecule has 1 aromatic rings. The van der Waals surface area contributed by atoms with Crippen molar-refractivity contribution in [3.63, 3.8) is 0 Å². The van der Waals surface area contributed by atoms with Gasteiger partial charge >= 0.3 is 0 Å². The molecule has 1 rings (SSSR count). The van der Waals surface area contributed by atoms with Gasteiger partial charge in [0.05, 0.1) is 33.1 Å². The Morgan fingerprint density at radius 2 is 1.68 bits per heavy atom. The van der Waals surface area contributed by atoms with Crippen LogP contribution in [0.15, 0.2) is 12.1 Å². The third kappa shape index (κ3) is 3.66. The highest BCUT2D eigenvalue weighted by molar-refractivity contribution is 7.92. The van der Waals surface area contributed by atoms with Gasteiger partial charge in [0.2, 0.25) is 15.8 Å². The third-order valence-corrected chi connectivity index (χ3v) is 3.25. The van der Waals surface area contributed by atoms with E-state index in [0.29, 0.717) is 17.2 Å². The molecular weight excluding hydrogens is 272 g/mol. The minimum atomic E-state index is -3.72. The Kier molecular flexibility index (Phi) is 4.83. The van der Waals surface area contributed by atoms with Crippen molar-refractivity contribution in [1.82, 2.24) is 0 Å². The molecule has 0 aliphatic heterocycles. The second-order valence-corrected chi connectivity index (χ2v) is 5.16. The molecule has 0 radical (unpaired) electrons. The highest BCUT2D eigenvalue weighted by Gasteiger charge is 2.16. The summed E-state index contributed by atoms with van der Waals surface area (Å²) >= 11 is 0. The molecule has 0 aliphatic carbocycles. The van der Waals surface area contributed by atoms with E-state index in [1.165, 1.54) is 33.5 Å². The molecule has 0 aliphatic rings. The van der Waals surface area contributed by atoms with Crippen molar-refractivity contribution in [3.8, 4) is 23.3 Å². The lowest BCUT2D eigenvalue weighted by atomic mass is 10.2. The van der Waals surface area contributed by atoms with Gasteiger partial charge in [-0.25, -0.2) is 8.42 Å². The molecule has 0 saturated heterocycles. The van der Waals surface area contributed by atoms with Crippen LogP contribution in [0.5, 0.6) is 17.2 Å². The van der Waals surface area contributed by atoms with Crippen LogP contribution >= 0.6 is 0 Å². The molecule has 0 heterocycles.